The first-order valence-corrected chi connectivity index (χ1v) is 11.1. The number of amides is 2. The number of aryl methyl sites for hydroxylation is 1. The zero-order chi connectivity index (χ0) is 20.8. The molecule has 0 spiro atoms. The molecule has 4 rings (SSSR count). The van der Waals surface area contributed by atoms with Crippen molar-refractivity contribution in [2.45, 2.75) is 26.3 Å². The molecule has 2 heterocycles. The lowest BCUT2D eigenvalue weighted by Crippen LogP contribution is -2.41. The van der Waals surface area contributed by atoms with E-state index in [4.69, 9.17) is 4.98 Å². The largest absolute Gasteiger partial charge is 0.345 e. The van der Waals surface area contributed by atoms with Gasteiger partial charge in [0.1, 0.15) is 5.82 Å². The van der Waals surface area contributed by atoms with Gasteiger partial charge in [0.2, 0.25) is 5.13 Å². The number of aromatic nitrogens is 2. The van der Waals surface area contributed by atoms with Crippen LogP contribution in [0.5, 0.6) is 0 Å². The summed E-state index contributed by atoms with van der Waals surface area (Å²) in [6.07, 6.45) is 1.67. The fraction of sp³-hybridized carbons (Fsp3) is 0.348. The molecule has 0 aliphatic carbocycles. The van der Waals surface area contributed by atoms with Crippen LogP contribution in [0.25, 0.3) is 0 Å². The molecule has 1 saturated heterocycles. The molecule has 1 aromatic heterocycles. The Hall–Kier alpha value is -2.93. The average molecular weight is 422 g/mol. The third kappa shape index (κ3) is 5.36. The monoisotopic (exact) mass is 421 g/mol. The fourth-order valence-corrected chi connectivity index (χ4v) is 4.27. The van der Waals surface area contributed by atoms with E-state index in [0.717, 1.165) is 49.0 Å². The van der Waals surface area contributed by atoms with E-state index in [9.17, 15) is 4.79 Å². The Kier molecular flexibility index (Phi) is 6.59. The molecule has 6 nitrogen and oxygen atoms in total. The lowest BCUT2D eigenvalue weighted by atomic mass is 10.1. The average Bonchev–Trinajstić information content (AvgIpc) is 3.09. The van der Waals surface area contributed by atoms with E-state index in [2.05, 4.69) is 45.8 Å². The number of carbonyl (C=O) groups excluding carboxylic acids is 1. The van der Waals surface area contributed by atoms with Crippen molar-refractivity contribution in [1.29, 1.82) is 0 Å². The highest BCUT2D eigenvalue weighted by Gasteiger charge is 2.21. The van der Waals surface area contributed by atoms with Gasteiger partial charge in [0.25, 0.3) is 0 Å². The van der Waals surface area contributed by atoms with Gasteiger partial charge in [-0.3, -0.25) is 0 Å². The molecule has 2 aromatic carbocycles. The minimum atomic E-state index is -0.00183. The second-order valence-corrected chi connectivity index (χ2v) is 8.36. The van der Waals surface area contributed by atoms with Crippen LogP contribution in [0.3, 0.4) is 0 Å². The Morgan fingerprint density at radius 3 is 2.60 bits per heavy atom. The summed E-state index contributed by atoms with van der Waals surface area (Å²) in [4.78, 5) is 21.5. The van der Waals surface area contributed by atoms with Crippen molar-refractivity contribution >= 4 is 22.7 Å². The molecule has 0 saturated carbocycles. The normalized spacial score (nSPS) is 14.4. The van der Waals surface area contributed by atoms with Gasteiger partial charge in [-0.1, -0.05) is 60.2 Å². The maximum Gasteiger partial charge on any atom is 0.317 e. The van der Waals surface area contributed by atoms with Crippen LogP contribution in [0.4, 0.5) is 9.93 Å². The Morgan fingerprint density at radius 1 is 1.00 bits per heavy atom. The molecule has 0 unspecified atom stereocenters. The Balaban J connectivity index is 1.30. The van der Waals surface area contributed by atoms with Crippen LogP contribution in [0.2, 0.25) is 0 Å². The number of rotatable bonds is 5. The van der Waals surface area contributed by atoms with Gasteiger partial charge in [-0.15, -0.1) is 0 Å². The summed E-state index contributed by atoms with van der Waals surface area (Å²) < 4.78 is 4.55. The van der Waals surface area contributed by atoms with Gasteiger partial charge in [0.05, 0.1) is 0 Å². The minimum Gasteiger partial charge on any atom is -0.345 e. The SMILES string of the molecule is Cc1ccc(Cc2nsc(N3CCCN(C(=O)NCc4ccccc4)CC3)n2)cc1. The van der Waals surface area contributed by atoms with Crippen LogP contribution in [0.15, 0.2) is 54.6 Å². The highest BCUT2D eigenvalue weighted by atomic mass is 32.1. The lowest BCUT2D eigenvalue weighted by Gasteiger charge is -2.22. The van der Waals surface area contributed by atoms with E-state index in [-0.39, 0.29) is 6.03 Å². The number of benzene rings is 2. The molecule has 156 valence electrons. The molecule has 1 aliphatic rings. The maximum atomic E-state index is 12.6. The van der Waals surface area contributed by atoms with Gasteiger partial charge < -0.3 is 15.1 Å². The van der Waals surface area contributed by atoms with Crippen LogP contribution in [0, 0.1) is 6.92 Å². The van der Waals surface area contributed by atoms with Crippen molar-refractivity contribution in [3.8, 4) is 0 Å². The molecular weight excluding hydrogens is 394 g/mol. The molecule has 30 heavy (non-hydrogen) atoms. The van der Waals surface area contributed by atoms with Gasteiger partial charge in [-0.25, -0.2) is 9.78 Å². The predicted octanol–water partition coefficient (Wildman–Crippen LogP) is 3.86. The third-order valence-corrected chi connectivity index (χ3v) is 6.10. The molecule has 1 N–H and O–H groups in total. The number of hydrogen-bond donors (Lipinski definition) is 1. The molecule has 0 radical (unpaired) electrons. The first-order chi connectivity index (χ1) is 14.7. The highest BCUT2D eigenvalue weighted by Crippen LogP contribution is 2.21. The highest BCUT2D eigenvalue weighted by molar-refractivity contribution is 7.09. The van der Waals surface area contributed by atoms with Crippen molar-refractivity contribution < 1.29 is 4.79 Å². The second kappa shape index (κ2) is 9.71. The predicted molar refractivity (Wildman–Crippen MR) is 121 cm³/mol. The zero-order valence-corrected chi connectivity index (χ0v) is 18.1. The van der Waals surface area contributed by atoms with E-state index in [1.807, 2.05) is 35.2 Å². The number of hydrogen-bond acceptors (Lipinski definition) is 5. The summed E-state index contributed by atoms with van der Waals surface area (Å²) in [6.45, 7) is 5.76. The quantitative estimate of drug-likeness (QED) is 0.680. The van der Waals surface area contributed by atoms with Gasteiger partial charge in [-0.2, -0.15) is 4.37 Å². The van der Waals surface area contributed by atoms with E-state index in [1.54, 1.807) is 0 Å². The van der Waals surface area contributed by atoms with Crippen molar-refractivity contribution in [3.63, 3.8) is 0 Å². The summed E-state index contributed by atoms with van der Waals surface area (Å²) in [5.41, 5.74) is 3.59. The van der Waals surface area contributed by atoms with Crippen LogP contribution < -0.4 is 10.2 Å². The maximum absolute atomic E-state index is 12.6. The van der Waals surface area contributed by atoms with E-state index >= 15 is 0 Å². The molecule has 7 heteroatoms. The number of nitrogens with zero attached hydrogens (tertiary/aromatic N) is 4. The molecule has 2 amide bonds. The number of urea groups is 1. The Bertz CT molecular complexity index is 957. The number of carbonyl (C=O) groups is 1. The van der Waals surface area contributed by atoms with Crippen LogP contribution in [-0.2, 0) is 13.0 Å². The van der Waals surface area contributed by atoms with Crippen molar-refractivity contribution in [2.75, 3.05) is 31.1 Å². The zero-order valence-electron chi connectivity index (χ0n) is 17.3. The molecule has 1 aliphatic heterocycles. The van der Waals surface area contributed by atoms with E-state index in [1.165, 1.54) is 22.7 Å². The van der Waals surface area contributed by atoms with Crippen LogP contribution in [-0.4, -0.2) is 46.5 Å². The Labute approximate surface area is 181 Å². The molecular formula is C23H27N5OS. The van der Waals surface area contributed by atoms with E-state index in [0.29, 0.717) is 13.1 Å². The van der Waals surface area contributed by atoms with Gasteiger partial charge >= 0.3 is 6.03 Å². The number of anilines is 1. The van der Waals surface area contributed by atoms with Crippen molar-refractivity contribution in [2.24, 2.45) is 0 Å². The summed E-state index contributed by atoms with van der Waals surface area (Å²) in [5.74, 6) is 0.862. The van der Waals surface area contributed by atoms with Crippen LogP contribution >= 0.6 is 11.5 Å². The fourth-order valence-electron chi connectivity index (χ4n) is 3.53. The van der Waals surface area contributed by atoms with Gasteiger partial charge in [-0.05, 0) is 24.5 Å². The smallest absolute Gasteiger partial charge is 0.317 e. The third-order valence-electron chi connectivity index (χ3n) is 5.28. The lowest BCUT2D eigenvalue weighted by molar-refractivity contribution is 0.201. The second-order valence-electron chi connectivity index (χ2n) is 7.63. The van der Waals surface area contributed by atoms with Gasteiger partial charge in [0.15, 0.2) is 0 Å². The first kappa shape index (κ1) is 20.3. The standard InChI is InChI=1S/C23H27N5OS/c1-18-8-10-19(11-9-18)16-21-25-23(30-26-21)28-13-5-12-27(14-15-28)22(29)24-17-20-6-3-2-4-7-20/h2-4,6-11H,5,12-17H2,1H3,(H,24,29). The summed E-state index contributed by atoms with van der Waals surface area (Å²) in [6, 6.07) is 18.5. The summed E-state index contributed by atoms with van der Waals surface area (Å²) in [5, 5.41) is 3.98. The van der Waals surface area contributed by atoms with Crippen LogP contribution in [0.1, 0.15) is 28.9 Å². The molecule has 1 fully saturated rings. The van der Waals surface area contributed by atoms with Crippen molar-refractivity contribution in [3.05, 3.63) is 77.1 Å². The minimum absolute atomic E-state index is 0.00183. The Morgan fingerprint density at radius 2 is 1.80 bits per heavy atom. The molecule has 0 atom stereocenters. The topological polar surface area (TPSA) is 61.4 Å². The van der Waals surface area contributed by atoms with Crippen molar-refractivity contribution in [1.82, 2.24) is 19.6 Å². The molecule has 0 bridgehead atoms. The molecule has 3 aromatic rings. The summed E-state index contributed by atoms with van der Waals surface area (Å²) >= 11 is 1.45. The number of nitrogens with one attached hydrogen (secondary N) is 1. The first-order valence-electron chi connectivity index (χ1n) is 10.4. The van der Waals surface area contributed by atoms with Gasteiger partial charge in [0, 0.05) is 50.7 Å². The van der Waals surface area contributed by atoms with E-state index < -0.39 is 0 Å². The summed E-state index contributed by atoms with van der Waals surface area (Å²) in [7, 11) is 0.